The van der Waals surface area contributed by atoms with E-state index in [4.69, 9.17) is 4.74 Å². The Morgan fingerprint density at radius 2 is 1.67 bits per heavy atom. The molecule has 0 spiro atoms. The van der Waals surface area contributed by atoms with Gasteiger partial charge in [0.1, 0.15) is 5.75 Å². The van der Waals surface area contributed by atoms with Gasteiger partial charge in [-0.25, -0.2) is 8.42 Å². The zero-order chi connectivity index (χ0) is 23.6. The first-order chi connectivity index (χ1) is 15.7. The molecule has 4 rings (SSSR count). The van der Waals surface area contributed by atoms with Crippen LogP contribution >= 0.6 is 0 Å². The van der Waals surface area contributed by atoms with Gasteiger partial charge < -0.3 is 10.1 Å². The minimum Gasteiger partial charge on any atom is -0.497 e. The second-order valence-electron chi connectivity index (χ2n) is 7.63. The van der Waals surface area contributed by atoms with Crippen LogP contribution in [0.15, 0.2) is 77.7 Å². The van der Waals surface area contributed by atoms with Gasteiger partial charge in [-0.3, -0.25) is 14.5 Å². The van der Waals surface area contributed by atoms with Crippen molar-refractivity contribution >= 4 is 38.2 Å². The highest BCUT2D eigenvalue weighted by Gasteiger charge is 2.17. The Balaban J connectivity index is 1.57. The molecule has 0 bridgehead atoms. The van der Waals surface area contributed by atoms with Crippen LogP contribution < -0.4 is 14.8 Å². The lowest BCUT2D eigenvalue weighted by Crippen LogP contribution is -2.16. The van der Waals surface area contributed by atoms with Crippen molar-refractivity contribution in [1.82, 2.24) is 4.98 Å². The molecule has 1 aromatic heterocycles. The molecule has 168 valence electrons. The summed E-state index contributed by atoms with van der Waals surface area (Å²) in [6.45, 7) is 3.75. The number of anilines is 2. The van der Waals surface area contributed by atoms with Crippen LogP contribution in [-0.4, -0.2) is 26.4 Å². The van der Waals surface area contributed by atoms with Crippen molar-refractivity contribution in [2.75, 3.05) is 17.1 Å². The van der Waals surface area contributed by atoms with E-state index in [0.29, 0.717) is 28.4 Å². The highest BCUT2D eigenvalue weighted by Crippen LogP contribution is 2.23. The van der Waals surface area contributed by atoms with Crippen LogP contribution in [-0.2, 0) is 10.0 Å². The van der Waals surface area contributed by atoms with Crippen molar-refractivity contribution in [3.63, 3.8) is 0 Å². The lowest BCUT2D eigenvalue weighted by molar-refractivity contribution is 0.102. The molecule has 0 aliphatic heterocycles. The van der Waals surface area contributed by atoms with E-state index in [1.165, 1.54) is 19.2 Å². The Morgan fingerprint density at radius 3 is 2.39 bits per heavy atom. The van der Waals surface area contributed by atoms with E-state index in [2.05, 4.69) is 15.0 Å². The normalized spacial score (nSPS) is 11.2. The predicted octanol–water partition coefficient (Wildman–Crippen LogP) is 4.91. The number of nitrogens with zero attached hydrogens (tertiary/aromatic N) is 1. The Hall–Kier alpha value is -3.91. The number of ether oxygens (including phenoxy) is 1. The summed E-state index contributed by atoms with van der Waals surface area (Å²) in [5.74, 6) is 0.261. The smallest absolute Gasteiger partial charge is 0.261 e. The maximum Gasteiger partial charge on any atom is 0.261 e. The molecule has 0 unspecified atom stereocenters. The summed E-state index contributed by atoms with van der Waals surface area (Å²) in [6.07, 6.45) is 0. The predicted molar refractivity (Wildman–Crippen MR) is 129 cm³/mol. The molecular weight excluding hydrogens is 438 g/mol. The van der Waals surface area contributed by atoms with E-state index in [-0.39, 0.29) is 10.8 Å². The fraction of sp³-hybridized carbons (Fsp3) is 0.120. The van der Waals surface area contributed by atoms with Gasteiger partial charge in [-0.05, 0) is 74.5 Å². The Bertz CT molecular complexity index is 1450. The molecule has 2 N–H and O–H groups in total. The van der Waals surface area contributed by atoms with E-state index in [0.717, 1.165) is 16.5 Å². The fourth-order valence-electron chi connectivity index (χ4n) is 3.43. The summed E-state index contributed by atoms with van der Waals surface area (Å²) in [4.78, 5) is 17.5. The number of aromatic nitrogens is 1. The molecule has 4 aromatic rings. The van der Waals surface area contributed by atoms with Crippen LogP contribution in [0.4, 0.5) is 11.4 Å². The van der Waals surface area contributed by atoms with Crippen molar-refractivity contribution in [2.24, 2.45) is 0 Å². The van der Waals surface area contributed by atoms with Crippen molar-refractivity contribution < 1.29 is 17.9 Å². The number of fused-ring (bicyclic) bond motifs is 1. The molecule has 0 saturated heterocycles. The topological polar surface area (TPSA) is 97.4 Å². The molecule has 0 atom stereocenters. The maximum absolute atomic E-state index is 12.9. The maximum atomic E-state index is 12.9. The average Bonchev–Trinajstić information content (AvgIpc) is 2.79. The van der Waals surface area contributed by atoms with Crippen molar-refractivity contribution in [1.29, 1.82) is 0 Å². The summed E-state index contributed by atoms with van der Waals surface area (Å²) in [6, 6.07) is 20.3. The number of benzene rings is 3. The third-order valence-corrected chi connectivity index (χ3v) is 6.53. The molecule has 0 fully saturated rings. The third kappa shape index (κ3) is 4.96. The van der Waals surface area contributed by atoms with Gasteiger partial charge in [0.15, 0.2) is 0 Å². The van der Waals surface area contributed by atoms with Gasteiger partial charge in [0.05, 0.1) is 28.8 Å². The number of sulfonamides is 1. The summed E-state index contributed by atoms with van der Waals surface area (Å²) in [7, 11) is -2.31. The standard InChI is InChI=1S/C25H23N3O4S/c1-16-7-12-24-18(13-16)14-23(17(2)26-24)25(29)27-20-5-4-6-22(15-20)33(30,31)28-19-8-10-21(32-3)11-9-19/h4-15,28H,1-3H3,(H,27,29). The van der Waals surface area contributed by atoms with Crippen LogP contribution in [0, 0.1) is 13.8 Å². The molecular formula is C25H23N3O4S. The Morgan fingerprint density at radius 1 is 0.909 bits per heavy atom. The molecule has 7 nitrogen and oxygen atoms in total. The summed E-state index contributed by atoms with van der Waals surface area (Å²) < 4.78 is 33.3. The number of rotatable bonds is 6. The van der Waals surface area contributed by atoms with Crippen LogP contribution in [0.25, 0.3) is 10.9 Å². The van der Waals surface area contributed by atoms with E-state index in [1.54, 1.807) is 49.4 Å². The van der Waals surface area contributed by atoms with E-state index < -0.39 is 10.0 Å². The van der Waals surface area contributed by atoms with Crippen molar-refractivity contribution in [3.05, 3.63) is 89.6 Å². The number of aryl methyl sites for hydroxylation is 2. The van der Waals surface area contributed by atoms with Gasteiger partial charge in [0, 0.05) is 16.8 Å². The van der Waals surface area contributed by atoms with E-state index in [1.807, 2.05) is 25.1 Å². The molecule has 0 saturated carbocycles. The molecule has 1 amide bonds. The van der Waals surface area contributed by atoms with E-state index >= 15 is 0 Å². The lowest BCUT2D eigenvalue weighted by Gasteiger charge is -2.12. The minimum atomic E-state index is -3.85. The van der Waals surface area contributed by atoms with Gasteiger partial charge in [-0.15, -0.1) is 0 Å². The zero-order valence-electron chi connectivity index (χ0n) is 18.4. The van der Waals surface area contributed by atoms with Crippen LogP contribution in [0.3, 0.4) is 0 Å². The second-order valence-corrected chi connectivity index (χ2v) is 9.32. The fourth-order valence-corrected chi connectivity index (χ4v) is 4.54. The third-order valence-electron chi connectivity index (χ3n) is 5.15. The molecule has 1 heterocycles. The number of hydrogen-bond donors (Lipinski definition) is 2. The number of pyridine rings is 1. The summed E-state index contributed by atoms with van der Waals surface area (Å²) in [5.41, 5.74) is 3.67. The molecule has 0 aliphatic carbocycles. The second kappa shape index (κ2) is 8.91. The van der Waals surface area contributed by atoms with Crippen molar-refractivity contribution in [2.45, 2.75) is 18.7 Å². The molecule has 8 heteroatoms. The largest absolute Gasteiger partial charge is 0.497 e. The Labute approximate surface area is 192 Å². The first-order valence-corrected chi connectivity index (χ1v) is 11.7. The molecule has 33 heavy (non-hydrogen) atoms. The molecule has 0 aliphatic rings. The SMILES string of the molecule is COc1ccc(NS(=O)(=O)c2cccc(NC(=O)c3cc4cc(C)ccc4nc3C)c2)cc1. The highest BCUT2D eigenvalue weighted by molar-refractivity contribution is 7.92. The first-order valence-electron chi connectivity index (χ1n) is 10.2. The number of carbonyl (C=O) groups excluding carboxylic acids is 1. The molecule has 0 radical (unpaired) electrons. The van der Waals surface area contributed by atoms with Gasteiger partial charge in [-0.1, -0.05) is 17.7 Å². The van der Waals surface area contributed by atoms with Crippen molar-refractivity contribution in [3.8, 4) is 5.75 Å². The number of amides is 1. The highest BCUT2D eigenvalue weighted by atomic mass is 32.2. The van der Waals surface area contributed by atoms with Gasteiger partial charge >= 0.3 is 0 Å². The van der Waals surface area contributed by atoms with Gasteiger partial charge in [0.25, 0.3) is 15.9 Å². The van der Waals surface area contributed by atoms with E-state index in [9.17, 15) is 13.2 Å². The number of carbonyl (C=O) groups is 1. The van der Waals surface area contributed by atoms with Crippen LogP contribution in [0.5, 0.6) is 5.75 Å². The summed E-state index contributed by atoms with van der Waals surface area (Å²) >= 11 is 0. The monoisotopic (exact) mass is 461 g/mol. The minimum absolute atomic E-state index is 0.0279. The quantitative estimate of drug-likeness (QED) is 0.425. The summed E-state index contributed by atoms with van der Waals surface area (Å²) in [5, 5.41) is 3.65. The lowest BCUT2D eigenvalue weighted by atomic mass is 10.1. The Kier molecular flexibility index (Phi) is 6.02. The molecule has 3 aromatic carbocycles. The van der Waals surface area contributed by atoms with Gasteiger partial charge in [-0.2, -0.15) is 0 Å². The van der Waals surface area contributed by atoms with Crippen LogP contribution in [0.2, 0.25) is 0 Å². The van der Waals surface area contributed by atoms with Gasteiger partial charge in [0.2, 0.25) is 0 Å². The first kappa shape index (κ1) is 22.3. The number of methoxy groups -OCH3 is 1. The number of nitrogens with one attached hydrogen (secondary N) is 2. The number of hydrogen-bond acceptors (Lipinski definition) is 5. The zero-order valence-corrected chi connectivity index (χ0v) is 19.2. The average molecular weight is 462 g/mol. The van der Waals surface area contributed by atoms with Crippen LogP contribution in [0.1, 0.15) is 21.6 Å².